The third-order valence-electron chi connectivity index (χ3n) is 5.34. The number of esters is 1. The van der Waals surface area contributed by atoms with Crippen LogP contribution < -0.4 is 21.0 Å². The predicted octanol–water partition coefficient (Wildman–Crippen LogP) is 2.35. The maximum absolute atomic E-state index is 14.0. The molecule has 0 aliphatic carbocycles. The third-order valence-corrected chi connectivity index (χ3v) is 7.39. The summed E-state index contributed by atoms with van der Waals surface area (Å²) in [5, 5.41) is 13.3. The van der Waals surface area contributed by atoms with E-state index in [0.29, 0.717) is 0 Å². The first-order valence-electron chi connectivity index (χ1n) is 11.3. The summed E-state index contributed by atoms with van der Waals surface area (Å²) in [7, 11) is -4.27. The van der Waals surface area contributed by atoms with E-state index in [2.05, 4.69) is 10.1 Å². The SMILES string of the molecule is CC(C)OC(=O)[C@@H](C)NP(=O)(OC[C@H]1O[C@@H](n2cc(F)c(N)nc2=O)[C@](C)(Cl)[C@@H]1O)Oc1ccccc1. The Kier molecular flexibility index (Phi) is 8.99. The van der Waals surface area contributed by atoms with Crippen molar-refractivity contribution in [2.45, 2.75) is 63.2 Å². The van der Waals surface area contributed by atoms with E-state index < -0.39 is 73.1 Å². The minimum absolute atomic E-state index is 0.172. The Balaban J connectivity index is 1.81. The van der Waals surface area contributed by atoms with Gasteiger partial charge in [-0.3, -0.25) is 13.9 Å². The molecular formula is C22H29ClFN4O8P. The van der Waals surface area contributed by atoms with E-state index in [4.69, 9.17) is 35.9 Å². The Labute approximate surface area is 217 Å². The van der Waals surface area contributed by atoms with Crippen molar-refractivity contribution in [3.8, 4) is 5.75 Å². The molecule has 0 spiro atoms. The molecule has 3 rings (SSSR count). The second-order valence-corrected chi connectivity index (χ2v) is 11.3. The van der Waals surface area contributed by atoms with Crippen molar-refractivity contribution >= 4 is 31.1 Å². The molecular weight excluding hydrogens is 534 g/mol. The van der Waals surface area contributed by atoms with Gasteiger partial charge in [0, 0.05) is 0 Å². The molecule has 37 heavy (non-hydrogen) atoms. The van der Waals surface area contributed by atoms with E-state index in [1.807, 2.05) is 0 Å². The van der Waals surface area contributed by atoms with Crippen LogP contribution >= 0.6 is 19.3 Å². The first-order valence-corrected chi connectivity index (χ1v) is 13.2. The van der Waals surface area contributed by atoms with Crippen LogP contribution in [0.4, 0.5) is 10.2 Å². The average Bonchev–Trinajstić information content (AvgIpc) is 3.03. The summed E-state index contributed by atoms with van der Waals surface area (Å²) in [4.78, 5) is 26.3. The Bertz CT molecular complexity index is 1210. The normalized spacial score (nSPS) is 26.0. The number of para-hydroxylation sites is 1. The molecule has 2 aromatic rings. The molecule has 1 aliphatic heterocycles. The maximum Gasteiger partial charge on any atom is 0.459 e. The van der Waals surface area contributed by atoms with Crippen molar-refractivity contribution in [3.05, 3.63) is 52.8 Å². The zero-order valence-corrected chi connectivity index (χ0v) is 22.2. The average molecular weight is 563 g/mol. The molecule has 12 nitrogen and oxygen atoms in total. The second kappa shape index (κ2) is 11.5. The van der Waals surface area contributed by atoms with Crippen LogP contribution in [0.2, 0.25) is 0 Å². The number of ether oxygens (including phenoxy) is 2. The smallest absolute Gasteiger partial charge is 0.459 e. The van der Waals surface area contributed by atoms with Crippen molar-refractivity contribution in [2.24, 2.45) is 0 Å². The largest absolute Gasteiger partial charge is 0.462 e. The Morgan fingerprint density at radius 2 is 2.03 bits per heavy atom. The van der Waals surface area contributed by atoms with Gasteiger partial charge in [-0.05, 0) is 39.8 Å². The third kappa shape index (κ3) is 6.86. The van der Waals surface area contributed by atoms with E-state index in [1.54, 1.807) is 32.0 Å². The summed E-state index contributed by atoms with van der Waals surface area (Å²) < 4.78 is 50.3. The number of halogens is 2. The van der Waals surface area contributed by atoms with Crippen molar-refractivity contribution in [1.82, 2.24) is 14.6 Å². The first kappa shape index (κ1) is 29.0. The summed E-state index contributed by atoms with van der Waals surface area (Å²) in [5.74, 6) is -2.12. The van der Waals surface area contributed by atoms with Crippen LogP contribution in [-0.4, -0.2) is 56.5 Å². The topological polar surface area (TPSA) is 164 Å². The van der Waals surface area contributed by atoms with Gasteiger partial charge in [0.25, 0.3) is 0 Å². The minimum Gasteiger partial charge on any atom is -0.462 e. The minimum atomic E-state index is -4.27. The summed E-state index contributed by atoms with van der Waals surface area (Å²) in [6.45, 7) is 5.55. The molecule has 1 aromatic heterocycles. The zero-order valence-electron chi connectivity index (χ0n) is 20.5. The number of hydrogen-bond acceptors (Lipinski definition) is 10. The Morgan fingerprint density at radius 1 is 1.38 bits per heavy atom. The Hall–Kier alpha value is -2.54. The lowest BCUT2D eigenvalue weighted by Gasteiger charge is -2.26. The fourth-order valence-electron chi connectivity index (χ4n) is 3.48. The van der Waals surface area contributed by atoms with Gasteiger partial charge in [0.2, 0.25) is 0 Å². The molecule has 1 fully saturated rings. The highest BCUT2D eigenvalue weighted by Gasteiger charge is 2.54. The highest BCUT2D eigenvalue weighted by atomic mass is 35.5. The highest BCUT2D eigenvalue weighted by Crippen LogP contribution is 2.48. The lowest BCUT2D eigenvalue weighted by molar-refractivity contribution is -0.149. The van der Waals surface area contributed by atoms with Gasteiger partial charge in [0.05, 0.1) is 18.9 Å². The fraction of sp³-hybridized carbons (Fsp3) is 0.500. The van der Waals surface area contributed by atoms with Gasteiger partial charge in [0.1, 0.15) is 28.9 Å². The molecule has 1 aromatic carbocycles. The van der Waals surface area contributed by atoms with Crippen LogP contribution in [0.25, 0.3) is 0 Å². The van der Waals surface area contributed by atoms with Crippen molar-refractivity contribution in [1.29, 1.82) is 0 Å². The second-order valence-electron chi connectivity index (χ2n) is 8.82. The molecule has 15 heteroatoms. The fourth-order valence-corrected chi connectivity index (χ4v) is 5.28. The number of nitrogens with zero attached hydrogens (tertiary/aromatic N) is 2. The van der Waals surface area contributed by atoms with Gasteiger partial charge in [-0.25, -0.2) is 13.8 Å². The van der Waals surface area contributed by atoms with E-state index in [9.17, 15) is 23.7 Å². The number of rotatable bonds is 10. The molecule has 4 N–H and O–H groups in total. The van der Waals surface area contributed by atoms with Crippen LogP contribution in [0.1, 0.15) is 33.9 Å². The van der Waals surface area contributed by atoms with E-state index >= 15 is 0 Å². The van der Waals surface area contributed by atoms with Crippen LogP contribution in [0.5, 0.6) is 5.75 Å². The summed E-state index contributed by atoms with van der Waals surface area (Å²) in [6, 6.07) is 6.95. The van der Waals surface area contributed by atoms with Gasteiger partial charge >= 0.3 is 19.4 Å². The number of carbonyl (C=O) groups excluding carboxylic acids is 1. The summed E-state index contributed by atoms with van der Waals surface area (Å²) in [5.41, 5.74) is 4.37. The number of carbonyl (C=O) groups is 1. The van der Waals surface area contributed by atoms with Gasteiger partial charge in [0.15, 0.2) is 17.9 Å². The summed E-state index contributed by atoms with van der Waals surface area (Å²) >= 11 is 6.48. The monoisotopic (exact) mass is 562 g/mol. The molecule has 1 saturated heterocycles. The quantitative estimate of drug-likeness (QED) is 0.221. The molecule has 0 amide bonds. The molecule has 0 radical (unpaired) electrons. The number of aliphatic hydroxyl groups excluding tert-OH is 1. The van der Waals surface area contributed by atoms with Crippen molar-refractivity contribution in [2.75, 3.05) is 12.3 Å². The van der Waals surface area contributed by atoms with Crippen LogP contribution in [0.3, 0.4) is 0 Å². The number of anilines is 1. The number of hydrogen-bond donors (Lipinski definition) is 3. The number of aromatic nitrogens is 2. The molecule has 204 valence electrons. The molecule has 1 unspecified atom stereocenters. The van der Waals surface area contributed by atoms with E-state index in [0.717, 1.165) is 10.8 Å². The highest BCUT2D eigenvalue weighted by molar-refractivity contribution is 7.52. The van der Waals surface area contributed by atoms with Crippen LogP contribution in [0.15, 0.2) is 41.3 Å². The van der Waals surface area contributed by atoms with E-state index in [-0.39, 0.29) is 5.75 Å². The number of nitrogens with two attached hydrogens (primary N) is 1. The van der Waals surface area contributed by atoms with Crippen molar-refractivity contribution in [3.63, 3.8) is 0 Å². The molecule has 1 aliphatic rings. The summed E-state index contributed by atoms with van der Waals surface area (Å²) in [6.07, 6.45) is -3.75. The van der Waals surface area contributed by atoms with Gasteiger partial charge in [-0.1, -0.05) is 18.2 Å². The number of nitrogens with one attached hydrogen (secondary N) is 1. The lowest BCUT2D eigenvalue weighted by Crippen LogP contribution is -2.42. The zero-order chi connectivity index (χ0) is 27.5. The maximum atomic E-state index is 14.0. The molecule has 0 bridgehead atoms. The molecule has 2 heterocycles. The predicted molar refractivity (Wildman–Crippen MR) is 131 cm³/mol. The number of benzene rings is 1. The van der Waals surface area contributed by atoms with Gasteiger partial charge < -0.3 is 24.8 Å². The number of alkyl halides is 1. The van der Waals surface area contributed by atoms with Gasteiger partial charge in [-0.2, -0.15) is 10.1 Å². The standard InChI is InChI=1S/C22H29ClFN4O8P/c1-12(2)34-19(30)13(3)27-37(32,36-14-8-6-5-7-9-14)33-11-16-17(29)22(4,23)20(35-16)28-10-15(24)18(25)26-21(28)31/h5-10,12-13,16-17,20,29H,11H2,1-4H3,(H,27,32)(H2,25,26,31)/t13-,16-,17-,20-,22-,37?/m1/s1. The first-order chi connectivity index (χ1) is 17.2. The van der Waals surface area contributed by atoms with Gasteiger partial charge in [-0.15, -0.1) is 11.6 Å². The Morgan fingerprint density at radius 3 is 2.65 bits per heavy atom. The van der Waals surface area contributed by atoms with Crippen LogP contribution in [0, 0.1) is 5.82 Å². The van der Waals surface area contributed by atoms with Crippen molar-refractivity contribution < 1.29 is 37.4 Å². The molecule has 0 saturated carbocycles. The number of aliphatic hydroxyl groups is 1. The lowest BCUT2D eigenvalue weighted by atomic mass is 10.0. The number of nitrogen functional groups attached to an aromatic ring is 1. The van der Waals surface area contributed by atoms with E-state index in [1.165, 1.54) is 26.0 Å². The molecule has 6 atom stereocenters. The van der Waals surface area contributed by atoms with Crippen LogP contribution in [-0.2, 0) is 23.4 Å².